The molecule has 17 heavy (non-hydrogen) atoms. The van der Waals surface area contributed by atoms with Crippen LogP contribution < -0.4 is 10.1 Å². The van der Waals surface area contributed by atoms with Gasteiger partial charge in [0.05, 0.1) is 12.2 Å². The largest absolute Gasteiger partial charge is 0.490 e. The molecular weight excluding hydrogens is 216 g/mol. The second-order valence-electron chi connectivity index (χ2n) is 4.63. The number of pyridine rings is 1. The molecule has 0 spiro atoms. The first-order valence-corrected chi connectivity index (χ1v) is 6.27. The van der Waals surface area contributed by atoms with Crippen molar-refractivity contribution in [2.24, 2.45) is 0 Å². The third-order valence-corrected chi connectivity index (χ3v) is 3.10. The van der Waals surface area contributed by atoms with Crippen molar-refractivity contribution in [1.29, 1.82) is 0 Å². The molecular formula is C13H20N2O2. The Kier molecular flexibility index (Phi) is 3.84. The molecule has 94 valence electrons. The summed E-state index contributed by atoms with van der Waals surface area (Å²) in [6.07, 6.45) is 5.56. The smallest absolute Gasteiger partial charge is 0.168 e. The van der Waals surface area contributed by atoms with Gasteiger partial charge in [0.1, 0.15) is 0 Å². The van der Waals surface area contributed by atoms with Gasteiger partial charge in [-0.2, -0.15) is 0 Å². The molecule has 0 radical (unpaired) electrons. The molecule has 1 aromatic rings. The van der Waals surface area contributed by atoms with Gasteiger partial charge in [0, 0.05) is 12.7 Å². The number of aliphatic hydroxyl groups is 1. The Hall–Kier alpha value is -1.29. The van der Waals surface area contributed by atoms with Crippen molar-refractivity contribution in [3.05, 3.63) is 18.3 Å². The lowest BCUT2D eigenvalue weighted by Gasteiger charge is -2.36. The molecule has 1 fully saturated rings. The molecule has 0 bridgehead atoms. The summed E-state index contributed by atoms with van der Waals surface area (Å²) in [5.74, 6) is 1.48. The van der Waals surface area contributed by atoms with Gasteiger partial charge < -0.3 is 15.2 Å². The Balaban J connectivity index is 1.94. The van der Waals surface area contributed by atoms with E-state index < -0.39 is 5.60 Å². The number of aromatic nitrogens is 1. The second-order valence-corrected chi connectivity index (χ2v) is 4.63. The third kappa shape index (κ3) is 3.09. The molecule has 1 aliphatic carbocycles. The van der Waals surface area contributed by atoms with Crippen LogP contribution in [0.25, 0.3) is 0 Å². The molecule has 1 saturated carbocycles. The third-order valence-electron chi connectivity index (χ3n) is 3.10. The highest BCUT2D eigenvalue weighted by atomic mass is 16.5. The lowest BCUT2D eigenvalue weighted by atomic mass is 9.80. The van der Waals surface area contributed by atoms with Crippen LogP contribution in [-0.4, -0.2) is 28.8 Å². The van der Waals surface area contributed by atoms with Crippen LogP contribution in [0.15, 0.2) is 18.3 Å². The molecule has 4 heteroatoms. The summed E-state index contributed by atoms with van der Waals surface area (Å²) in [7, 11) is 0. The normalized spacial score (nSPS) is 17.3. The molecule has 0 amide bonds. The van der Waals surface area contributed by atoms with Crippen LogP contribution >= 0.6 is 0 Å². The average Bonchev–Trinajstić information content (AvgIpc) is 2.32. The van der Waals surface area contributed by atoms with Crippen molar-refractivity contribution in [1.82, 2.24) is 4.98 Å². The molecule has 0 aliphatic heterocycles. The summed E-state index contributed by atoms with van der Waals surface area (Å²) in [5.41, 5.74) is -0.542. The van der Waals surface area contributed by atoms with Crippen molar-refractivity contribution < 1.29 is 9.84 Å². The molecule has 1 heterocycles. The van der Waals surface area contributed by atoms with Gasteiger partial charge >= 0.3 is 0 Å². The highest BCUT2D eigenvalue weighted by Crippen LogP contribution is 2.32. The van der Waals surface area contributed by atoms with Crippen molar-refractivity contribution in [2.75, 3.05) is 18.5 Å². The topological polar surface area (TPSA) is 54.4 Å². The minimum atomic E-state index is -0.542. The monoisotopic (exact) mass is 236 g/mol. The molecule has 0 saturated heterocycles. The summed E-state index contributed by atoms with van der Waals surface area (Å²) in [6.45, 7) is 3.30. The SMILES string of the molecule is CCCOc1cccnc1NCC1(O)CCC1. The Morgan fingerprint density at radius 1 is 1.53 bits per heavy atom. The molecule has 0 atom stereocenters. The summed E-state index contributed by atoms with van der Waals surface area (Å²) < 4.78 is 5.60. The van der Waals surface area contributed by atoms with E-state index in [1.165, 1.54) is 0 Å². The van der Waals surface area contributed by atoms with Crippen molar-refractivity contribution in [3.63, 3.8) is 0 Å². The van der Waals surface area contributed by atoms with Crippen LogP contribution in [-0.2, 0) is 0 Å². The number of anilines is 1. The second kappa shape index (κ2) is 5.36. The molecule has 2 rings (SSSR count). The average molecular weight is 236 g/mol. The van der Waals surface area contributed by atoms with Gasteiger partial charge in [-0.15, -0.1) is 0 Å². The number of hydrogen-bond donors (Lipinski definition) is 2. The Morgan fingerprint density at radius 3 is 3.00 bits per heavy atom. The van der Waals surface area contributed by atoms with E-state index in [0.717, 1.165) is 37.3 Å². The standard InChI is InChI=1S/C13H20N2O2/c1-2-9-17-11-5-3-8-14-12(11)15-10-13(16)6-4-7-13/h3,5,8,16H,2,4,6-7,9-10H2,1H3,(H,14,15). The quantitative estimate of drug-likeness (QED) is 0.795. The van der Waals surface area contributed by atoms with Crippen LogP contribution in [0.5, 0.6) is 5.75 Å². The maximum atomic E-state index is 10.0. The zero-order valence-electron chi connectivity index (χ0n) is 10.3. The van der Waals surface area contributed by atoms with Gasteiger partial charge in [-0.3, -0.25) is 0 Å². The van der Waals surface area contributed by atoms with Gasteiger partial charge in [-0.1, -0.05) is 6.92 Å². The molecule has 4 nitrogen and oxygen atoms in total. The summed E-state index contributed by atoms with van der Waals surface area (Å²) >= 11 is 0. The summed E-state index contributed by atoms with van der Waals surface area (Å²) in [4.78, 5) is 4.25. The Labute approximate surface area is 102 Å². The van der Waals surface area contributed by atoms with E-state index >= 15 is 0 Å². The van der Waals surface area contributed by atoms with Crippen LogP contribution in [0.4, 0.5) is 5.82 Å². The van der Waals surface area contributed by atoms with E-state index in [2.05, 4.69) is 17.2 Å². The van der Waals surface area contributed by atoms with Gasteiger partial charge in [0.2, 0.25) is 0 Å². The number of nitrogens with zero attached hydrogens (tertiary/aromatic N) is 1. The minimum Gasteiger partial charge on any atom is -0.490 e. The van der Waals surface area contributed by atoms with E-state index in [4.69, 9.17) is 4.74 Å². The van der Waals surface area contributed by atoms with E-state index in [1.807, 2.05) is 12.1 Å². The van der Waals surface area contributed by atoms with Crippen molar-refractivity contribution in [2.45, 2.75) is 38.2 Å². The van der Waals surface area contributed by atoms with Crippen LogP contribution in [0.2, 0.25) is 0 Å². The van der Waals surface area contributed by atoms with Gasteiger partial charge in [-0.25, -0.2) is 4.98 Å². The van der Waals surface area contributed by atoms with Crippen LogP contribution in [0, 0.1) is 0 Å². The lowest BCUT2D eigenvalue weighted by molar-refractivity contribution is -0.0202. The van der Waals surface area contributed by atoms with E-state index in [1.54, 1.807) is 6.20 Å². The van der Waals surface area contributed by atoms with Crippen molar-refractivity contribution in [3.8, 4) is 5.75 Å². The molecule has 0 unspecified atom stereocenters. The van der Waals surface area contributed by atoms with Gasteiger partial charge in [-0.05, 0) is 37.8 Å². The maximum absolute atomic E-state index is 10.0. The van der Waals surface area contributed by atoms with Crippen molar-refractivity contribution >= 4 is 5.82 Å². The first kappa shape index (κ1) is 12.2. The highest BCUT2D eigenvalue weighted by Gasteiger charge is 2.34. The molecule has 0 aromatic carbocycles. The first-order chi connectivity index (χ1) is 8.23. The zero-order valence-corrected chi connectivity index (χ0v) is 10.3. The van der Waals surface area contributed by atoms with E-state index in [9.17, 15) is 5.11 Å². The summed E-state index contributed by atoms with van der Waals surface area (Å²) in [5, 5.41) is 13.2. The predicted molar refractivity (Wildman–Crippen MR) is 67.3 cm³/mol. The van der Waals surface area contributed by atoms with Crippen LogP contribution in [0.3, 0.4) is 0 Å². The maximum Gasteiger partial charge on any atom is 0.168 e. The number of nitrogens with one attached hydrogen (secondary N) is 1. The van der Waals surface area contributed by atoms with E-state index in [-0.39, 0.29) is 0 Å². The zero-order chi connectivity index (χ0) is 12.1. The van der Waals surface area contributed by atoms with E-state index in [0.29, 0.717) is 13.2 Å². The molecule has 1 aliphatic rings. The molecule has 2 N–H and O–H groups in total. The first-order valence-electron chi connectivity index (χ1n) is 6.27. The number of ether oxygens (including phenoxy) is 1. The predicted octanol–water partition coefficient (Wildman–Crippen LogP) is 2.20. The molecule has 1 aromatic heterocycles. The van der Waals surface area contributed by atoms with Crippen LogP contribution in [0.1, 0.15) is 32.6 Å². The Bertz CT molecular complexity index is 364. The fraction of sp³-hybridized carbons (Fsp3) is 0.615. The van der Waals surface area contributed by atoms with Gasteiger partial charge in [0.25, 0.3) is 0 Å². The minimum absolute atomic E-state index is 0.542. The fourth-order valence-electron chi connectivity index (χ4n) is 1.86. The summed E-state index contributed by atoms with van der Waals surface area (Å²) in [6, 6.07) is 3.75. The fourth-order valence-corrected chi connectivity index (χ4v) is 1.86. The van der Waals surface area contributed by atoms with Gasteiger partial charge in [0.15, 0.2) is 11.6 Å². The Morgan fingerprint density at radius 2 is 2.35 bits per heavy atom. The lowest BCUT2D eigenvalue weighted by Crippen LogP contribution is -2.43. The number of rotatable bonds is 6. The number of hydrogen-bond acceptors (Lipinski definition) is 4. The highest BCUT2D eigenvalue weighted by molar-refractivity contribution is 5.49.